The molecule has 18 heavy (non-hydrogen) atoms. The third kappa shape index (κ3) is 2.79. The van der Waals surface area contributed by atoms with E-state index in [1.807, 2.05) is 0 Å². The van der Waals surface area contributed by atoms with Gasteiger partial charge in [-0.15, -0.1) is 0 Å². The Kier molecular flexibility index (Phi) is 3.81. The highest BCUT2D eigenvalue weighted by atomic mass is 16.1. The van der Waals surface area contributed by atoms with E-state index >= 15 is 0 Å². The number of hydrogen-bond acceptors (Lipinski definition) is 4. The normalized spacial score (nSPS) is 16.1. The predicted octanol–water partition coefficient (Wildman–Crippen LogP) is 1.68. The summed E-state index contributed by atoms with van der Waals surface area (Å²) in [5, 5.41) is 2.99. The quantitative estimate of drug-likeness (QED) is 0.528. The van der Waals surface area contributed by atoms with E-state index in [4.69, 9.17) is 5.84 Å². The number of amides is 1. The van der Waals surface area contributed by atoms with Crippen LogP contribution in [0.2, 0.25) is 0 Å². The van der Waals surface area contributed by atoms with Gasteiger partial charge in [0, 0.05) is 18.9 Å². The van der Waals surface area contributed by atoms with Crippen molar-refractivity contribution < 1.29 is 4.79 Å². The Balaban J connectivity index is 1.96. The van der Waals surface area contributed by atoms with Gasteiger partial charge in [0.15, 0.2) is 0 Å². The molecule has 1 fully saturated rings. The minimum atomic E-state index is -0.113. The van der Waals surface area contributed by atoms with E-state index < -0.39 is 0 Å². The van der Waals surface area contributed by atoms with Crippen LogP contribution < -0.4 is 16.6 Å². The van der Waals surface area contributed by atoms with E-state index in [2.05, 4.69) is 22.7 Å². The average Bonchev–Trinajstić information content (AvgIpc) is 3.16. The molecular weight excluding hydrogens is 228 g/mol. The molecule has 1 heterocycles. The minimum absolute atomic E-state index is 0.113. The Bertz CT molecular complexity index is 429. The van der Waals surface area contributed by atoms with Crippen molar-refractivity contribution in [2.75, 3.05) is 12.0 Å². The summed E-state index contributed by atoms with van der Waals surface area (Å²) in [6.45, 7) is 2.93. The maximum atomic E-state index is 12.1. The number of nitrogens with two attached hydrogens (primary N) is 1. The highest BCUT2D eigenvalue weighted by Crippen LogP contribution is 2.48. The third-order valence-electron chi connectivity index (χ3n) is 3.58. The Hall–Kier alpha value is -1.62. The van der Waals surface area contributed by atoms with Crippen LogP contribution in [-0.2, 0) is 0 Å². The van der Waals surface area contributed by atoms with Gasteiger partial charge in [0.1, 0.15) is 0 Å². The van der Waals surface area contributed by atoms with Crippen molar-refractivity contribution in [3.63, 3.8) is 0 Å². The first-order valence-corrected chi connectivity index (χ1v) is 6.39. The first kappa shape index (κ1) is 12.8. The number of pyridine rings is 1. The SMILES string of the molecule is CCCC1(CNC(=O)c2cnccc2NN)CC1. The van der Waals surface area contributed by atoms with Gasteiger partial charge < -0.3 is 10.7 Å². The van der Waals surface area contributed by atoms with Crippen LogP contribution in [0.15, 0.2) is 18.5 Å². The molecule has 5 heteroatoms. The monoisotopic (exact) mass is 248 g/mol. The zero-order valence-corrected chi connectivity index (χ0v) is 10.7. The van der Waals surface area contributed by atoms with Crippen molar-refractivity contribution in [1.29, 1.82) is 0 Å². The second-order valence-electron chi connectivity index (χ2n) is 5.00. The molecule has 5 nitrogen and oxygen atoms in total. The van der Waals surface area contributed by atoms with Crippen molar-refractivity contribution in [2.45, 2.75) is 32.6 Å². The predicted molar refractivity (Wildman–Crippen MR) is 71.0 cm³/mol. The molecule has 0 atom stereocenters. The summed E-state index contributed by atoms with van der Waals surface area (Å²) in [6, 6.07) is 1.69. The van der Waals surface area contributed by atoms with Gasteiger partial charge in [-0.05, 0) is 30.7 Å². The first-order valence-electron chi connectivity index (χ1n) is 6.39. The molecular formula is C13H20N4O. The van der Waals surface area contributed by atoms with E-state index in [0.717, 1.165) is 6.54 Å². The Morgan fingerprint density at radius 1 is 1.56 bits per heavy atom. The Labute approximate surface area is 107 Å². The number of nitrogen functional groups attached to an aromatic ring is 1. The number of anilines is 1. The van der Waals surface area contributed by atoms with E-state index in [0.29, 0.717) is 16.7 Å². The average molecular weight is 248 g/mol. The number of carbonyl (C=O) groups excluding carboxylic acids is 1. The summed E-state index contributed by atoms with van der Waals surface area (Å²) < 4.78 is 0. The van der Waals surface area contributed by atoms with Crippen LogP contribution in [0, 0.1) is 5.41 Å². The maximum absolute atomic E-state index is 12.1. The largest absolute Gasteiger partial charge is 0.351 e. The highest BCUT2D eigenvalue weighted by molar-refractivity contribution is 5.99. The minimum Gasteiger partial charge on any atom is -0.351 e. The van der Waals surface area contributed by atoms with Gasteiger partial charge in [-0.1, -0.05) is 13.3 Å². The summed E-state index contributed by atoms with van der Waals surface area (Å²) in [6.07, 6.45) is 7.92. The topological polar surface area (TPSA) is 80.0 Å². The van der Waals surface area contributed by atoms with Gasteiger partial charge in [-0.3, -0.25) is 15.6 Å². The first-order chi connectivity index (χ1) is 8.71. The van der Waals surface area contributed by atoms with Gasteiger partial charge in [0.2, 0.25) is 0 Å². The summed E-state index contributed by atoms with van der Waals surface area (Å²) >= 11 is 0. The second kappa shape index (κ2) is 5.35. The number of nitrogens with one attached hydrogen (secondary N) is 2. The molecule has 0 aliphatic heterocycles. The summed E-state index contributed by atoms with van der Waals surface area (Å²) in [4.78, 5) is 16.0. The summed E-state index contributed by atoms with van der Waals surface area (Å²) in [7, 11) is 0. The summed E-state index contributed by atoms with van der Waals surface area (Å²) in [5.41, 5.74) is 3.96. The van der Waals surface area contributed by atoms with Crippen molar-refractivity contribution in [2.24, 2.45) is 11.3 Å². The van der Waals surface area contributed by atoms with Gasteiger partial charge in [-0.25, -0.2) is 0 Å². The lowest BCUT2D eigenvalue weighted by molar-refractivity contribution is 0.0944. The van der Waals surface area contributed by atoms with E-state index in [-0.39, 0.29) is 5.91 Å². The van der Waals surface area contributed by atoms with Crippen LogP contribution in [0.4, 0.5) is 5.69 Å². The van der Waals surface area contributed by atoms with Gasteiger partial charge in [0.05, 0.1) is 11.3 Å². The van der Waals surface area contributed by atoms with Crippen molar-refractivity contribution in [3.05, 3.63) is 24.0 Å². The number of hydrogen-bond donors (Lipinski definition) is 3. The van der Waals surface area contributed by atoms with Crippen molar-refractivity contribution >= 4 is 11.6 Å². The summed E-state index contributed by atoms with van der Waals surface area (Å²) in [5.74, 6) is 5.26. The molecule has 1 aliphatic carbocycles. The van der Waals surface area contributed by atoms with Gasteiger partial charge in [-0.2, -0.15) is 0 Å². The lowest BCUT2D eigenvalue weighted by atomic mass is 10.0. The van der Waals surface area contributed by atoms with Crippen LogP contribution >= 0.6 is 0 Å². The van der Waals surface area contributed by atoms with E-state index in [9.17, 15) is 4.79 Å². The van der Waals surface area contributed by atoms with Crippen LogP contribution in [-0.4, -0.2) is 17.4 Å². The molecule has 1 aromatic rings. The van der Waals surface area contributed by atoms with Crippen molar-refractivity contribution in [3.8, 4) is 0 Å². The van der Waals surface area contributed by atoms with E-state index in [1.165, 1.54) is 31.9 Å². The van der Waals surface area contributed by atoms with Crippen molar-refractivity contribution in [1.82, 2.24) is 10.3 Å². The number of hydrazine groups is 1. The lowest BCUT2D eigenvalue weighted by Gasteiger charge is -2.15. The zero-order valence-electron chi connectivity index (χ0n) is 10.7. The Morgan fingerprint density at radius 3 is 2.94 bits per heavy atom. The fraction of sp³-hybridized carbons (Fsp3) is 0.538. The number of rotatable bonds is 6. The third-order valence-corrected chi connectivity index (χ3v) is 3.58. The standard InChI is InChI=1S/C13H20N4O/c1-2-4-13(5-6-13)9-16-12(18)10-8-15-7-3-11(10)17-14/h3,7-8H,2,4-6,9,14H2,1H3,(H,15,17)(H,16,18). The molecule has 1 aromatic heterocycles. The highest BCUT2D eigenvalue weighted by Gasteiger charge is 2.41. The van der Waals surface area contributed by atoms with Crippen LogP contribution in [0.25, 0.3) is 0 Å². The van der Waals surface area contributed by atoms with Crippen LogP contribution in [0.5, 0.6) is 0 Å². The van der Waals surface area contributed by atoms with Gasteiger partial charge >= 0.3 is 0 Å². The molecule has 4 N–H and O–H groups in total. The molecule has 0 spiro atoms. The smallest absolute Gasteiger partial charge is 0.255 e. The Morgan fingerprint density at radius 2 is 2.33 bits per heavy atom. The molecule has 0 saturated heterocycles. The maximum Gasteiger partial charge on any atom is 0.255 e. The molecule has 0 unspecified atom stereocenters. The number of aromatic nitrogens is 1. The fourth-order valence-corrected chi connectivity index (χ4v) is 2.29. The molecule has 1 amide bonds. The van der Waals surface area contributed by atoms with Gasteiger partial charge in [0.25, 0.3) is 5.91 Å². The fourth-order valence-electron chi connectivity index (χ4n) is 2.29. The van der Waals surface area contributed by atoms with Crippen LogP contribution in [0.1, 0.15) is 43.0 Å². The van der Waals surface area contributed by atoms with E-state index in [1.54, 1.807) is 12.3 Å². The number of carbonyl (C=O) groups is 1. The second-order valence-corrected chi connectivity index (χ2v) is 5.00. The molecule has 2 rings (SSSR count). The molecule has 1 saturated carbocycles. The molecule has 0 bridgehead atoms. The number of nitrogens with zero attached hydrogens (tertiary/aromatic N) is 1. The lowest BCUT2D eigenvalue weighted by Crippen LogP contribution is -2.31. The molecule has 0 aromatic carbocycles. The molecule has 98 valence electrons. The molecule has 1 aliphatic rings. The van der Waals surface area contributed by atoms with Crippen LogP contribution in [0.3, 0.4) is 0 Å². The zero-order chi connectivity index (χ0) is 13.0. The molecule has 0 radical (unpaired) electrons.